The van der Waals surface area contributed by atoms with Crippen molar-refractivity contribution in [2.75, 3.05) is 31.2 Å². The van der Waals surface area contributed by atoms with Crippen LogP contribution in [0.15, 0.2) is 30.3 Å². The van der Waals surface area contributed by atoms with Crippen molar-refractivity contribution in [2.24, 2.45) is 0 Å². The van der Waals surface area contributed by atoms with Crippen molar-refractivity contribution in [1.82, 2.24) is 4.90 Å². The molecule has 1 heterocycles. The predicted molar refractivity (Wildman–Crippen MR) is 76.9 cm³/mol. The smallest absolute Gasteiger partial charge is 0.304 e. The van der Waals surface area contributed by atoms with Gasteiger partial charge in [0.05, 0.1) is 6.42 Å². The van der Waals surface area contributed by atoms with E-state index in [1.165, 1.54) is 0 Å². The summed E-state index contributed by atoms with van der Waals surface area (Å²) in [7, 11) is 0. The Morgan fingerprint density at radius 3 is 2.95 bits per heavy atom. The monoisotopic (exact) mass is 281 g/mol. The summed E-state index contributed by atoms with van der Waals surface area (Å²) in [5.74, 6) is 2.11. The van der Waals surface area contributed by atoms with Gasteiger partial charge in [0.15, 0.2) is 0 Å². The van der Waals surface area contributed by atoms with Crippen molar-refractivity contribution < 1.29 is 14.6 Å². The van der Waals surface area contributed by atoms with Crippen LogP contribution in [0.4, 0.5) is 0 Å². The van der Waals surface area contributed by atoms with Gasteiger partial charge in [0.2, 0.25) is 0 Å². The highest BCUT2D eigenvalue weighted by Crippen LogP contribution is 2.19. The lowest BCUT2D eigenvalue weighted by Gasteiger charge is -2.34. The van der Waals surface area contributed by atoms with E-state index in [4.69, 9.17) is 9.84 Å². The van der Waals surface area contributed by atoms with Crippen molar-refractivity contribution in [3.8, 4) is 5.75 Å². The minimum absolute atomic E-state index is 0.135. The highest BCUT2D eigenvalue weighted by Gasteiger charge is 2.24. The van der Waals surface area contributed by atoms with Crippen LogP contribution in [0.2, 0.25) is 0 Å². The summed E-state index contributed by atoms with van der Waals surface area (Å²) in [5, 5.41) is 8.92. The molecule has 0 spiro atoms. The molecule has 2 rings (SSSR count). The van der Waals surface area contributed by atoms with Gasteiger partial charge < -0.3 is 9.84 Å². The molecule has 0 amide bonds. The first-order valence-electron chi connectivity index (χ1n) is 6.47. The molecule has 4 nitrogen and oxygen atoms in total. The quantitative estimate of drug-likeness (QED) is 0.864. The maximum atomic E-state index is 10.8. The lowest BCUT2D eigenvalue weighted by molar-refractivity contribution is -0.138. The highest BCUT2D eigenvalue weighted by molar-refractivity contribution is 7.99. The van der Waals surface area contributed by atoms with E-state index in [2.05, 4.69) is 4.90 Å². The molecule has 19 heavy (non-hydrogen) atoms. The number of carboxylic acid groups (broad SMARTS) is 1. The van der Waals surface area contributed by atoms with Gasteiger partial charge in [0.1, 0.15) is 12.4 Å². The van der Waals surface area contributed by atoms with Gasteiger partial charge in [-0.15, -0.1) is 0 Å². The SMILES string of the molecule is O=C(O)CC1CSCCN1CCOc1ccccc1. The molecule has 1 aliphatic rings. The van der Waals surface area contributed by atoms with Crippen LogP contribution in [-0.2, 0) is 4.79 Å². The molecule has 104 valence electrons. The molecule has 5 heteroatoms. The third-order valence-corrected chi connectivity index (χ3v) is 4.24. The van der Waals surface area contributed by atoms with Crippen LogP contribution in [0, 0.1) is 0 Å². The van der Waals surface area contributed by atoms with Crippen molar-refractivity contribution in [2.45, 2.75) is 12.5 Å². The van der Waals surface area contributed by atoms with Gasteiger partial charge in [0, 0.05) is 30.6 Å². The zero-order valence-electron chi connectivity index (χ0n) is 10.8. The molecule has 1 fully saturated rings. The standard InChI is InChI=1S/C14H19NO3S/c16-14(17)10-12-11-19-9-7-15(12)6-8-18-13-4-2-1-3-5-13/h1-5,12H,6-11H2,(H,16,17). The number of hydrogen-bond acceptors (Lipinski definition) is 4. The summed E-state index contributed by atoms with van der Waals surface area (Å²) in [6, 6.07) is 9.84. The fourth-order valence-electron chi connectivity index (χ4n) is 2.17. The van der Waals surface area contributed by atoms with Gasteiger partial charge in [0.25, 0.3) is 0 Å². The molecule has 1 unspecified atom stereocenters. The summed E-state index contributed by atoms with van der Waals surface area (Å²) in [5.41, 5.74) is 0. The van der Waals surface area contributed by atoms with Gasteiger partial charge in [-0.2, -0.15) is 11.8 Å². The van der Waals surface area contributed by atoms with E-state index in [1.54, 1.807) is 0 Å². The van der Waals surface area contributed by atoms with Crippen molar-refractivity contribution >= 4 is 17.7 Å². The van der Waals surface area contributed by atoms with Gasteiger partial charge in [-0.3, -0.25) is 9.69 Å². The molecule has 1 aliphatic heterocycles. The van der Waals surface area contributed by atoms with Crippen molar-refractivity contribution in [3.05, 3.63) is 30.3 Å². The molecule has 1 saturated heterocycles. The minimum atomic E-state index is -0.721. The molecule has 0 aliphatic carbocycles. The number of hydrogen-bond donors (Lipinski definition) is 1. The lowest BCUT2D eigenvalue weighted by atomic mass is 10.2. The fourth-order valence-corrected chi connectivity index (χ4v) is 3.30. The van der Waals surface area contributed by atoms with E-state index in [1.807, 2.05) is 42.1 Å². The number of carbonyl (C=O) groups is 1. The Kier molecular flexibility index (Phi) is 5.54. The van der Waals surface area contributed by atoms with Crippen LogP contribution in [0.25, 0.3) is 0 Å². The number of rotatable bonds is 6. The second kappa shape index (κ2) is 7.40. The number of nitrogens with zero attached hydrogens (tertiary/aromatic N) is 1. The third-order valence-electron chi connectivity index (χ3n) is 3.15. The molecular formula is C14H19NO3S. The Labute approximate surface area is 117 Å². The molecular weight excluding hydrogens is 262 g/mol. The number of para-hydroxylation sites is 1. The number of thioether (sulfide) groups is 1. The summed E-state index contributed by atoms with van der Waals surface area (Å²) in [6.07, 6.45) is 0.221. The van der Waals surface area contributed by atoms with Gasteiger partial charge in [-0.25, -0.2) is 0 Å². The van der Waals surface area contributed by atoms with E-state index in [9.17, 15) is 4.79 Å². The Balaban J connectivity index is 1.78. The van der Waals surface area contributed by atoms with Crippen molar-refractivity contribution in [3.63, 3.8) is 0 Å². The van der Waals surface area contributed by atoms with Gasteiger partial charge in [-0.05, 0) is 12.1 Å². The first kappa shape index (κ1) is 14.2. The molecule has 0 saturated carbocycles. The normalized spacial score (nSPS) is 20.1. The molecule has 1 N–H and O–H groups in total. The summed E-state index contributed by atoms with van der Waals surface area (Å²) in [6.45, 7) is 2.33. The average Bonchev–Trinajstić information content (AvgIpc) is 2.41. The van der Waals surface area contributed by atoms with E-state index in [0.29, 0.717) is 6.61 Å². The minimum Gasteiger partial charge on any atom is -0.492 e. The molecule has 1 aromatic carbocycles. The molecule has 0 bridgehead atoms. The average molecular weight is 281 g/mol. The summed E-state index contributed by atoms with van der Waals surface area (Å²) in [4.78, 5) is 13.1. The Morgan fingerprint density at radius 1 is 1.42 bits per heavy atom. The topological polar surface area (TPSA) is 49.8 Å². The molecule has 1 aromatic rings. The van der Waals surface area contributed by atoms with E-state index < -0.39 is 5.97 Å². The predicted octanol–water partition coefficient (Wildman–Crippen LogP) is 1.96. The van der Waals surface area contributed by atoms with Crippen molar-refractivity contribution in [1.29, 1.82) is 0 Å². The van der Waals surface area contributed by atoms with E-state index in [0.717, 1.165) is 30.3 Å². The van der Waals surface area contributed by atoms with Gasteiger partial charge >= 0.3 is 5.97 Å². The third kappa shape index (κ3) is 4.76. The van der Waals surface area contributed by atoms with Crippen LogP contribution in [-0.4, -0.2) is 53.2 Å². The fraction of sp³-hybridized carbons (Fsp3) is 0.500. The second-order valence-electron chi connectivity index (χ2n) is 4.52. The maximum Gasteiger partial charge on any atom is 0.304 e. The number of benzene rings is 1. The number of aliphatic carboxylic acids is 1. The summed E-state index contributed by atoms with van der Waals surface area (Å²) < 4.78 is 5.67. The first-order valence-corrected chi connectivity index (χ1v) is 7.62. The zero-order chi connectivity index (χ0) is 13.5. The summed E-state index contributed by atoms with van der Waals surface area (Å²) >= 11 is 1.83. The molecule has 0 aromatic heterocycles. The Morgan fingerprint density at radius 2 is 2.21 bits per heavy atom. The second-order valence-corrected chi connectivity index (χ2v) is 5.67. The maximum absolute atomic E-state index is 10.8. The molecule has 1 atom stereocenters. The van der Waals surface area contributed by atoms with Crippen LogP contribution in [0.1, 0.15) is 6.42 Å². The lowest BCUT2D eigenvalue weighted by Crippen LogP contribution is -2.45. The van der Waals surface area contributed by atoms with Crippen LogP contribution in [0.5, 0.6) is 5.75 Å². The Hall–Kier alpha value is -1.20. The molecule has 0 radical (unpaired) electrons. The van der Waals surface area contributed by atoms with E-state index in [-0.39, 0.29) is 12.5 Å². The van der Waals surface area contributed by atoms with Crippen LogP contribution in [0.3, 0.4) is 0 Å². The zero-order valence-corrected chi connectivity index (χ0v) is 11.6. The van der Waals surface area contributed by atoms with Crippen LogP contribution >= 0.6 is 11.8 Å². The first-order chi connectivity index (χ1) is 9.25. The number of ether oxygens (including phenoxy) is 1. The number of carboxylic acids is 1. The highest BCUT2D eigenvalue weighted by atomic mass is 32.2. The van der Waals surface area contributed by atoms with E-state index >= 15 is 0 Å². The van der Waals surface area contributed by atoms with Crippen LogP contribution < -0.4 is 4.74 Å². The Bertz CT molecular complexity index is 399. The van der Waals surface area contributed by atoms with Gasteiger partial charge in [-0.1, -0.05) is 18.2 Å². The largest absolute Gasteiger partial charge is 0.492 e.